The number of rotatable bonds is 1. The summed E-state index contributed by atoms with van der Waals surface area (Å²) >= 11 is 0. The average molecular weight is 142 g/mol. The highest BCUT2D eigenvalue weighted by atomic mass is 16.4. The molecule has 0 aromatic rings. The summed E-state index contributed by atoms with van der Waals surface area (Å²) in [7, 11) is 0. The normalized spacial score (nSPS) is 42.6. The monoisotopic (exact) mass is 142 g/mol. The van der Waals surface area contributed by atoms with Crippen molar-refractivity contribution < 1.29 is 9.90 Å². The van der Waals surface area contributed by atoms with Crippen molar-refractivity contribution in [3.05, 3.63) is 0 Å². The summed E-state index contributed by atoms with van der Waals surface area (Å²) in [5.74, 6) is 0.559. The van der Waals surface area contributed by atoms with Gasteiger partial charge in [0, 0.05) is 13.1 Å². The molecule has 1 amide bonds. The van der Waals surface area contributed by atoms with Crippen LogP contribution >= 0.6 is 0 Å². The zero-order valence-electron chi connectivity index (χ0n) is 5.55. The van der Waals surface area contributed by atoms with Crippen LogP contribution in [0.1, 0.15) is 6.42 Å². The Kier molecular flexibility index (Phi) is 0.976. The van der Waals surface area contributed by atoms with Gasteiger partial charge in [0.2, 0.25) is 0 Å². The molecule has 0 aromatic heterocycles. The van der Waals surface area contributed by atoms with Crippen LogP contribution in [0, 0.1) is 5.92 Å². The molecule has 2 rings (SSSR count). The zero-order valence-corrected chi connectivity index (χ0v) is 5.55. The summed E-state index contributed by atoms with van der Waals surface area (Å²) in [5, 5.41) is 14.1. The van der Waals surface area contributed by atoms with Crippen LogP contribution in [0.25, 0.3) is 0 Å². The number of hydrogen-bond acceptors (Lipinski definition) is 2. The average Bonchev–Trinajstić information content (AvgIpc) is 2.33. The summed E-state index contributed by atoms with van der Waals surface area (Å²) in [4.78, 5) is 10.2. The van der Waals surface area contributed by atoms with Crippen LogP contribution in [-0.2, 0) is 0 Å². The van der Waals surface area contributed by atoms with E-state index < -0.39 is 6.09 Å². The Labute approximate surface area is 58.6 Å². The van der Waals surface area contributed by atoms with E-state index in [1.807, 2.05) is 0 Å². The van der Waals surface area contributed by atoms with Crippen molar-refractivity contribution >= 4 is 6.09 Å². The molecule has 1 heterocycles. The van der Waals surface area contributed by atoms with Crippen molar-refractivity contribution in [1.29, 1.82) is 0 Å². The number of fused-ring (bicyclic) bond motifs is 1. The van der Waals surface area contributed by atoms with Gasteiger partial charge in [-0.05, 0) is 12.3 Å². The number of amides is 1. The third kappa shape index (κ3) is 0.686. The summed E-state index contributed by atoms with van der Waals surface area (Å²) in [6, 6.07) is 0. The second-order valence-corrected chi connectivity index (χ2v) is 3.12. The smallest absolute Gasteiger partial charge is 0.405 e. The summed E-state index contributed by atoms with van der Waals surface area (Å²) in [5.41, 5.74) is -0.0775. The molecule has 4 heteroatoms. The minimum atomic E-state index is -0.897. The van der Waals surface area contributed by atoms with Gasteiger partial charge < -0.3 is 15.7 Å². The first-order valence-corrected chi connectivity index (χ1v) is 3.45. The van der Waals surface area contributed by atoms with E-state index >= 15 is 0 Å². The van der Waals surface area contributed by atoms with Crippen LogP contribution in [0.4, 0.5) is 4.79 Å². The van der Waals surface area contributed by atoms with E-state index in [1.54, 1.807) is 0 Å². The van der Waals surface area contributed by atoms with Crippen molar-refractivity contribution in [1.82, 2.24) is 10.6 Å². The minimum absolute atomic E-state index is 0.0775. The fourth-order valence-electron chi connectivity index (χ4n) is 1.74. The molecule has 0 bridgehead atoms. The van der Waals surface area contributed by atoms with Gasteiger partial charge in [-0.2, -0.15) is 0 Å². The van der Waals surface area contributed by atoms with Gasteiger partial charge in [0.1, 0.15) is 0 Å². The molecular weight excluding hydrogens is 132 g/mol. The molecule has 3 N–H and O–H groups in total. The van der Waals surface area contributed by atoms with Crippen molar-refractivity contribution in [3.8, 4) is 0 Å². The highest BCUT2D eigenvalue weighted by Crippen LogP contribution is 2.45. The van der Waals surface area contributed by atoms with E-state index in [0.29, 0.717) is 5.92 Å². The topological polar surface area (TPSA) is 61.4 Å². The quantitative estimate of drug-likeness (QED) is 0.467. The molecule has 0 radical (unpaired) electrons. The predicted molar refractivity (Wildman–Crippen MR) is 34.9 cm³/mol. The lowest BCUT2D eigenvalue weighted by Crippen LogP contribution is -2.40. The molecule has 4 nitrogen and oxygen atoms in total. The van der Waals surface area contributed by atoms with Crippen LogP contribution in [0.5, 0.6) is 0 Å². The standard InChI is InChI=1S/C6H10N2O2/c9-5(10)8-6-1-4(6)2-7-3-6/h4,7-8H,1-3H2,(H,9,10)/t4-,6?/m1/s1. The Bertz CT molecular complexity index is 183. The lowest BCUT2D eigenvalue weighted by atomic mass is 10.2. The Morgan fingerprint density at radius 1 is 1.80 bits per heavy atom. The highest BCUT2D eigenvalue weighted by Gasteiger charge is 2.58. The van der Waals surface area contributed by atoms with Crippen LogP contribution in [-0.4, -0.2) is 29.8 Å². The van der Waals surface area contributed by atoms with Gasteiger partial charge >= 0.3 is 6.09 Å². The maximum absolute atomic E-state index is 10.2. The van der Waals surface area contributed by atoms with E-state index in [2.05, 4.69) is 10.6 Å². The first-order valence-electron chi connectivity index (χ1n) is 3.45. The molecule has 1 aliphatic carbocycles. The molecule has 1 aliphatic heterocycles. The summed E-state index contributed by atoms with van der Waals surface area (Å²) < 4.78 is 0. The molecule has 2 fully saturated rings. The fourth-order valence-corrected chi connectivity index (χ4v) is 1.74. The molecule has 0 aromatic carbocycles. The minimum Gasteiger partial charge on any atom is -0.465 e. The number of piperidine rings is 1. The fraction of sp³-hybridized carbons (Fsp3) is 0.833. The molecule has 2 atom stereocenters. The van der Waals surface area contributed by atoms with Crippen molar-refractivity contribution in [3.63, 3.8) is 0 Å². The molecule has 1 unspecified atom stereocenters. The van der Waals surface area contributed by atoms with Crippen LogP contribution in [0.3, 0.4) is 0 Å². The Morgan fingerprint density at radius 2 is 2.60 bits per heavy atom. The molecule has 10 heavy (non-hydrogen) atoms. The first-order chi connectivity index (χ1) is 4.73. The van der Waals surface area contributed by atoms with Crippen molar-refractivity contribution in [2.24, 2.45) is 5.92 Å². The Morgan fingerprint density at radius 3 is 3.00 bits per heavy atom. The van der Waals surface area contributed by atoms with Gasteiger partial charge in [-0.3, -0.25) is 0 Å². The predicted octanol–water partition coefficient (Wildman–Crippen LogP) is -0.384. The Balaban J connectivity index is 1.99. The summed E-state index contributed by atoms with van der Waals surface area (Å²) in [6.07, 6.45) is 0.123. The number of carbonyl (C=O) groups is 1. The first kappa shape index (κ1) is 5.97. The maximum Gasteiger partial charge on any atom is 0.405 e. The molecule has 2 aliphatic rings. The third-order valence-corrected chi connectivity index (χ3v) is 2.42. The molecule has 56 valence electrons. The van der Waals surface area contributed by atoms with Crippen molar-refractivity contribution in [2.75, 3.05) is 13.1 Å². The molecular formula is C6H10N2O2. The lowest BCUT2D eigenvalue weighted by Gasteiger charge is -2.09. The van der Waals surface area contributed by atoms with E-state index in [0.717, 1.165) is 19.5 Å². The van der Waals surface area contributed by atoms with Crippen molar-refractivity contribution in [2.45, 2.75) is 12.0 Å². The lowest BCUT2D eigenvalue weighted by molar-refractivity contribution is 0.188. The van der Waals surface area contributed by atoms with Gasteiger partial charge in [-0.25, -0.2) is 4.79 Å². The maximum atomic E-state index is 10.2. The SMILES string of the molecule is O=C(O)NC12CNC[C@H]1C2. The van der Waals surface area contributed by atoms with Gasteiger partial charge in [0.25, 0.3) is 0 Å². The largest absolute Gasteiger partial charge is 0.465 e. The number of nitrogens with one attached hydrogen (secondary N) is 2. The van der Waals surface area contributed by atoms with Crippen LogP contribution in [0.15, 0.2) is 0 Å². The third-order valence-electron chi connectivity index (χ3n) is 2.42. The van der Waals surface area contributed by atoms with Gasteiger partial charge in [0.05, 0.1) is 5.54 Å². The molecule has 0 spiro atoms. The second kappa shape index (κ2) is 1.63. The van der Waals surface area contributed by atoms with E-state index in [9.17, 15) is 4.79 Å². The summed E-state index contributed by atoms with van der Waals surface area (Å²) in [6.45, 7) is 1.78. The van der Waals surface area contributed by atoms with Crippen LogP contribution in [0.2, 0.25) is 0 Å². The second-order valence-electron chi connectivity index (χ2n) is 3.12. The zero-order chi connectivity index (χ0) is 7.19. The Hall–Kier alpha value is -0.770. The van der Waals surface area contributed by atoms with E-state index in [1.165, 1.54) is 0 Å². The molecule has 1 saturated heterocycles. The number of carboxylic acid groups (broad SMARTS) is 1. The van der Waals surface area contributed by atoms with Gasteiger partial charge in [-0.15, -0.1) is 0 Å². The van der Waals surface area contributed by atoms with Gasteiger partial charge in [-0.1, -0.05) is 0 Å². The van der Waals surface area contributed by atoms with E-state index in [-0.39, 0.29) is 5.54 Å². The van der Waals surface area contributed by atoms with E-state index in [4.69, 9.17) is 5.11 Å². The van der Waals surface area contributed by atoms with Crippen LogP contribution < -0.4 is 10.6 Å². The number of hydrogen-bond donors (Lipinski definition) is 3. The molecule has 1 saturated carbocycles. The highest BCUT2D eigenvalue weighted by molar-refractivity contribution is 5.66. The van der Waals surface area contributed by atoms with Gasteiger partial charge in [0.15, 0.2) is 0 Å².